The van der Waals surface area contributed by atoms with Gasteiger partial charge in [-0.25, -0.2) is 4.39 Å². The van der Waals surface area contributed by atoms with Crippen LogP contribution in [0.3, 0.4) is 0 Å². The van der Waals surface area contributed by atoms with Gasteiger partial charge in [0.15, 0.2) is 4.77 Å². The van der Waals surface area contributed by atoms with Crippen LogP contribution in [0.1, 0.15) is 0 Å². The van der Waals surface area contributed by atoms with Crippen LogP contribution in [0.4, 0.5) is 4.39 Å². The van der Waals surface area contributed by atoms with Crippen molar-refractivity contribution in [2.75, 3.05) is 0 Å². The van der Waals surface area contributed by atoms with E-state index in [1.165, 1.54) is 18.2 Å². The fraction of sp³-hybridized carbons (Fsp3) is 0. The fourth-order valence-electron chi connectivity index (χ4n) is 1.22. The van der Waals surface area contributed by atoms with E-state index in [1.807, 2.05) is 0 Å². The maximum atomic E-state index is 12.7. The lowest BCUT2D eigenvalue weighted by atomic mass is 10.3. The van der Waals surface area contributed by atoms with E-state index in [0.717, 1.165) is 0 Å². The number of aromatic amines is 1. The standard InChI is InChI=1S/C10H7FN2OS/c11-7-1-3-8(4-2-7)13-6-5-9(14)12-10(13)15/h1-6H,(H,12,14,15). The van der Waals surface area contributed by atoms with Crippen LogP contribution in [0.15, 0.2) is 41.3 Å². The molecule has 2 aromatic rings. The van der Waals surface area contributed by atoms with Gasteiger partial charge in [-0.3, -0.25) is 14.3 Å². The number of nitrogens with zero attached hydrogens (tertiary/aromatic N) is 1. The molecule has 0 saturated carbocycles. The summed E-state index contributed by atoms with van der Waals surface area (Å²) in [4.78, 5) is 13.4. The monoisotopic (exact) mass is 222 g/mol. The molecule has 1 heterocycles. The molecule has 0 unspecified atom stereocenters. The second-order valence-corrected chi connectivity index (χ2v) is 3.34. The zero-order valence-corrected chi connectivity index (χ0v) is 8.42. The maximum Gasteiger partial charge on any atom is 0.251 e. The Morgan fingerprint density at radius 2 is 1.87 bits per heavy atom. The highest BCUT2D eigenvalue weighted by atomic mass is 32.1. The third-order valence-electron chi connectivity index (χ3n) is 1.93. The number of hydrogen-bond donors (Lipinski definition) is 1. The first kappa shape index (κ1) is 9.79. The molecular weight excluding hydrogens is 215 g/mol. The Kier molecular flexibility index (Phi) is 2.47. The van der Waals surface area contributed by atoms with E-state index in [9.17, 15) is 9.18 Å². The van der Waals surface area contributed by atoms with Crippen molar-refractivity contribution in [3.8, 4) is 5.69 Å². The molecule has 0 fully saturated rings. The van der Waals surface area contributed by atoms with Gasteiger partial charge in [0, 0.05) is 18.0 Å². The molecule has 0 amide bonds. The van der Waals surface area contributed by atoms with Crippen LogP contribution in [0, 0.1) is 10.6 Å². The molecule has 0 atom stereocenters. The van der Waals surface area contributed by atoms with Crippen LogP contribution in [-0.4, -0.2) is 9.55 Å². The highest BCUT2D eigenvalue weighted by Gasteiger charge is 1.97. The summed E-state index contributed by atoms with van der Waals surface area (Å²) >= 11 is 4.97. The van der Waals surface area contributed by atoms with Gasteiger partial charge in [0.1, 0.15) is 5.82 Å². The van der Waals surface area contributed by atoms with Gasteiger partial charge in [-0.05, 0) is 36.5 Å². The average Bonchev–Trinajstić information content (AvgIpc) is 2.20. The number of aromatic nitrogens is 2. The number of H-pyrrole nitrogens is 1. The Hall–Kier alpha value is -1.75. The molecule has 0 aliphatic rings. The van der Waals surface area contributed by atoms with Crippen molar-refractivity contribution in [3.63, 3.8) is 0 Å². The third-order valence-corrected chi connectivity index (χ3v) is 2.23. The number of nitrogens with one attached hydrogen (secondary N) is 1. The molecular formula is C10H7FN2OS. The molecule has 0 aliphatic carbocycles. The molecule has 0 radical (unpaired) electrons. The van der Waals surface area contributed by atoms with Crippen LogP contribution < -0.4 is 5.56 Å². The maximum absolute atomic E-state index is 12.7. The van der Waals surface area contributed by atoms with Crippen molar-refractivity contribution < 1.29 is 4.39 Å². The summed E-state index contributed by atoms with van der Waals surface area (Å²) in [6.07, 6.45) is 1.55. The van der Waals surface area contributed by atoms with Gasteiger partial charge in [0.25, 0.3) is 5.56 Å². The molecule has 15 heavy (non-hydrogen) atoms. The van der Waals surface area contributed by atoms with E-state index in [1.54, 1.807) is 22.9 Å². The van der Waals surface area contributed by atoms with E-state index in [-0.39, 0.29) is 16.1 Å². The fourth-order valence-corrected chi connectivity index (χ4v) is 1.49. The molecule has 76 valence electrons. The molecule has 0 bridgehead atoms. The zero-order valence-electron chi connectivity index (χ0n) is 7.61. The summed E-state index contributed by atoms with van der Waals surface area (Å²) in [6, 6.07) is 7.20. The molecule has 0 spiro atoms. The lowest BCUT2D eigenvalue weighted by Crippen LogP contribution is -2.09. The first-order chi connectivity index (χ1) is 7.16. The third kappa shape index (κ3) is 2.02. The van der Waals surface area contributed by atoms with E-state index < -0.39 is 0 Å². The predicted octanol–water partition coefficient (Wildman–Crippen LogP) is 2.03. The van der Waals surface area contributed by atoms with Crippen molar-refractivity contribution in [1.82, 2.24) is 9.55 Å². The molecule has 1 N–H and O–H groups in total. The van der Waals surface area contributed by atoms with E-state index >= 15 is 0 Å². The number of rotatable bonds is 1. The van der Waals surface area contributed by atoms with Crippen molar-refractivity contribution in [2.24, 2.45) is 0 Å². The topological polar surface area (TPSA) is 37.8 Å². The van der Waals surface area contributed by atoms with Gasteiger partial charge >= 0.3 is 0 Å². The van der Waals surface area contributed by atoms with Crippen LogP contribution in [0.2, 0.25) is 0 Å². The second kappa shape index (κ2) is 3.78. The zero-order chi connectivity index (χ0) is 10.8. The SMILES string of the molecule is O=c1ccn(-c2ccc(F)cc2)c(=S)[nH]1. The molecule has 0 saturated heterocycles. The Balaban J connectivity index is 2.59. The first-order valence-corrected chi connectivity index (χ1v) is 4.65. The minimum atomic E-state index is -0.310. The van der Waals surface area contributed by atoms with E-state index in [0.29, 0.717) is 5.69 Å². The summed E-state index contributed by atoms with van der Waals surface area (Å²) < 4.78 is 14.6. The minimum Gasteiger partial charge on any atom is -0.299 e. The Morgan fingerprint density at radius 3 is 2.47 bits per heavy atom. The summed E-state index contributed by atoms with van der Waals surface area (Å²) in [5.41, 5.74) is 0.455. The summed E-state index contributed by atoms with van der Waals surface area (Å²) in [5.74, 6) is -0.310. The van der Waals surface area contributed by atoms with Gasteiger partial charge < -0.3 is 0 Å². The summed E-state index contributed by atoms with van der Waals surface area (Å²) in [6.45, 7) is 0. The molecule has 2 rings (SSSR count). The van der Waals surface area contributed by atoms with Crippen molar-refractivity contribution in [2.45, 2.75) is 0 Å². The Morgan fingerprint density at radius 1 is 1.20 bits per heavy atom. The van der Waals surface area contributed by atoms with Crippen LogP contribution in [0.25, 0.3) is 5.69 Å². The highest BCUT2D eigenvalue weighted by Crippen LogP contribution is 2.07. The number of halogens is 1. The lowest BCUT2D eigenvalue weighted by molar-refractivity contribution is 0.627. The normalized spacial score (nSPS) is 10.2. The first-order valence-electron chi connectivity index (χ1n) is 4.25. The van der Waals surface area contributed by atoms with Crippen LogP contribution in [-0.2, 0) is 0 Å². The molecule has 1 aromatic heterocycles. The smallest absolute Gasteiger partial charge is 0.251 e. The average molecular weight is 222 g/mol. The van der Waals surface area contributed by atoms with Gasteiger partial charge in [0.05, 0.1) is 0 Å². The predicted molar refractivity (Wildman–Crippen MR) is 57.2 cm³/mol. The Bertz CT molecular complexity index is 585. The second-order valence-electron chi connectivity index (χ2n) is 2.96. The van der Waals surface area contributed by atoms with Crippen molar-refractivity contribution >= 4 is 12.2 Å². The molecule has 0 aliphatic heterocycles. The summed E-state index contributed by atoms with van der Waals surface area (Å²) in [7, 11) is 0. The van der Waals surface area contributed by atoms with E-state index in [4.69, 9.17) is 12.2 Å². The van der Waals surface area contributed by atoms with Crippen LogP contribution in [0.5, 0.6) is 0 Å². The molecule has 3 nitrogen and oxygen atoms in total. The van der Waals surface area contributed by atoms with Gasteiger partial charge in [-0.15, -0.1) is 0 Å². The highest BCUT2D eigenvalue weighted by molar-refractivity contribution is 7.71. The van der Waals surface area contributed by atoms with Gasteiger partial charge in [0.2, 0.25) is 0 Å². The molecule has 5 heteroatoms. The van der Waals surface area contributed by atoms with Gasteiger partial charge in [-0.2, -0.15) is 0 Å². The quantitative estimate of drug-likeness (QED) is 0.750. The van der Waals surface area contributed by atoms with Gasteiger partial charge in [-0.1, -0.05) is 0 Å². The lowest BCUT2D eigenvalue weighted by Gasteiger charge is -2.04. The van der Waals surface area contributed by atoms with Crippen molar-refractivity contribution in [3.05, 3.63) is 57.5 Å². The number of benzene rings is 1. The Labute approximate surface area is 89.8 Å². The largest absolute Gasteiger partial charge is 0.299 e. The minimum absolute atomic E-state index is 0.252. The summed E-state index contributed by atoms with van der Waals surface area (Å²) in [5, 5.41) is 0. The van der Waals surface area contributed by atoms with E-state index in [2.05, 4.69) is 4.98 Å². The number of hydrogen-bond acceptors (Lipinski definition) is 2. The van der Waals surface area contributed by atoms with Crippen molar-refractivity contribution in [1.29, 1.82) is 0 Å². The van der Waals surface area contributed by atoms with Crippen LogP contribution >= 0.6 is 12.2 Å². The molecule has 1 aromatic carbocycles.